The van der Waals surface area contributed by atoms with Crippen molar-refractivity contribution in [1.29, 1.82) is 0 Å². The zero-order valence-electron chi connectivity index (χ0n) is 10.5. The maximum absolute atomic E-state index is 12.2. The topological polar surface area (TPSA) is 50.8 Å². The normalized spacial score (nSPS) is 30.3. The van der Waals surface area contributed by atoms with Crippen LogP contribution in [0, 0.1) is 0 Å². The fourth-order valence-corrected chi connectivity index (χ4v) is 2.45. The summed E-state index contributed by atoms with van der Waals surface area (Å²) >= 11 is 0. The highest BCUT2D eigenvalue weighted by molar-refractivity contribution is 5.82. The number of amides is 1. The summed E-state index contributed by atoms with van der Waals surface area (Å²) in [6.07, 6.45) is 2.30. The molecule has 0 spiro atoms. The van der Waals surface area contributed by atoms with Gasteiger partial charge in [-0.25, -0.2) is 0 Å². The number of nitrogens with zero attached hydrogens (tertiary/aromatic N) is 1. The van der Waals surface area contributed by atoms with E-state index in [1.54, 1.807) is 0 Å². The molecule has 2 saturated heterocycles. The maximum Gasteiger partial charge on any atom is 0.242 e. The smallest absolute Gasteiger partial charge is 0.242 e. The zero-order valence-corrected chi connectivity index (χ0v) is 10.5. The lowest BCUT2D eigenvalue weighted by atomic mass is 10.1. The minimum Gasteiger partial charge on any atom is -0.378 e. The third-order valence-electron chi connectivity index (χ3n) is 3.31. The third-order valence-corrected chi connectivity index (χ3v) is 3.31. The molecule has 2 heterocycles. The van der Waals surface area contributed by atoms with Crippen LogP contribution < -0.4 is 5.32 Å². The van der Waals surface area contributed by atoms with Crippen molar-refractivity contribution in [2.45, 2.75) is 31.9 Å². The number of likely N-dealkylation sites (tertiary alicyclic amines) is 1. The highest BCUT2D eigenvalue weighted by atomic mass is 16.5. The Labute approximate surface area is 102 Å². The van der Waals surface area contributed by atoms with Gasteiger partial charge in [-0.2, -0.15) is 0 Å². The molecule has 2 atom stereocenters. The number of piperidine rings is 1. The van der Waals surface area contributed by atoms with E-state index in [0.717, 1.165) is 39.1 Å². The molecular formula is C12H22N2O3. The van der Waals surface area contributed by atoms with Crippen LogP contribution in [0.4, 0.5) is 0 Å². The fraction of sp³-hybridized carbons (Fsp3) is 0.917. The van der Waals surface area contributed by atoms with Crippen molar-refractivity contribution < 1.29 is 14.3 Å². The van der Waals surface area contributed by atoms with Crippen LogP contribution in [0.2, 0.25) is 0 Å². The van der Waals surface area contributed by atoms with Crippen LogP contribution >= 0.6 is 0 Å². The molecule has 1 N–H and O–H groups in total. The molecule has 2 aliphatic heterocycles. The SMILES string of the molecule is CCO[C@@H]1CCCN(C(=O)[C@@H]2COCCN2)C1. The van der Waals surface area contributed by atoms with Crippen molar-refractivity contribution in [2.75, 3.05) is 39.5 Å². The third kappa shape index (κ3) is 3.40. The summed E-state index contributed by atoms with van der Waals surface area (Å²) < 4.78 is 10.9. The predicted octanol–water partition coefficient (Wildman–Crippen LogP) is 0.00230. The van der Waals surface area contributed by atoms with E-state index in [1.807, 2.05) is 11.8 Å². The summed E-state index contributed by atoms with van der Waals surface area (Å²) in [7, 11) is 0. The first kappa shape index (κ1) is 12.8. The first-order chi connectivity index (χ1) is 8.31. The molecule has 0 aliphatic carbocycles. The number of carbonyl (C=O) groups excluding carboxylic acids is 1. The van der Waals surface area contributed by atoms with Crippen LogP contribution in [-0.4, -0.2) is 62.4 Å². The van der Waals surface area contributed by atoms with Gasteiger partial charge in [0.2, 0.25) is 5.91 Å². The average Bonchev–Trinajstić information content (AvgIpc) is 2.40. The second-order valence-electron chi connectivity index (χ2n) is 4.59. The van der Waals surface area contributed by atoms with E-state index in [-0.39, 0.29) is 18.1 Å². The van der Waals surface area contributed by atoms with Crippen LogP contribution in [0.5, 0.6) is 0 Å². The summed E-state index contributed by atoms with van der Waals surface area (Å²) in [6.45, 7) is 6.25. The molecule has 0 aromatic carbocycles. The van der Waals surface area contributed by atoms with Gasteiger partial charge in [-0.05, 0) is 19.8 Å². The van der Waals surface area contributed by atoms with Crippen LogP contribution in [0.1, 0.15) is 19.8 Å². The molecule has 2 rings (SSSR count). The van der Waals surface area contributed by atoms with Gasteiger partial charge in [0.1, 0.15) is 6.04 Å². The number of rotatable bonds is 3. The fourth-order valence-electron chi connectivity index (χ4n) is 2.45. The van der Waals surface area contributed by atoms with Crippen LogP contribution in [0.15, 0.2) is 0 Å². The van der Waals surface area contributed by atoms with E-state index < -0.39 is 0 Å². The largest absolute Gasteiger partial charge is 0.378 e. The molecule has 0 aromatic heterocycles. The molecular weight excluding hydrogens is 220 g/mol. The monoisotopic (exact) mass is 242 g/mol. The Kier molecular flexibility index (Phi) is 4.76. The standard InChI is InChI=1S/C12H22N2O3/c1-2-17-10-4-3-6-14(8-10)12(15)11-9-16-7-5-13-11/h10-11,13H,2-9H2,1H3/t10-,11+/m1/s1. The minimum atomic E-state index is -0.163. The van der Waals surface area contributed by atoms with Gasteiger partial charge in [0.15, 0.2) is 0 Å². The van der Waals surface area contributed by atoms with E-state index in [2.05, 4.69) is 5.32 Å². The Hall–Kier alpha value is -0.650. The molecule has 0 bridgehead atoms. The summed E-state index contributed by atoms with van der Waals surface area (Å²) in [4.78, 5) is 14.1. The van der Waals surface area contributed by atoms with E-state index in [1.165, 1.54) is 0 Å². The average molecular weight is 242 g/mol. The molecule has 5 nitrogen and oxygen atoms in total. The number of hydrogen-bond acceptors (Lipinski definition) is 4. The van der Waals surface area contributed by atoms with Gasteiger partial charge >= 0.3 is 0 Å². The molecule has 17 heavy (non-hydrogen) atoms. The van der Waals surface area contributed by atoms with Gasteiger partial charge < -0.3 is 19.7 Å². The number of ether oxygens (including phenoxy) is 2. The lowest BCUT2D eigenvalue weighted by Crippen LogP contribution is -2.55. The molecule has 0 saturated carbocycles. The number of nitrogens with one attached hydrogen (secondary N) is 1. The van der Waals surface area contributed by atoms with Crippen molar-refractivity contribution >= 4 is 5.91 Å². The maximum atomic E-state index is 12.2. The van der Waals surface area contributed by atoms with Gasteiger partial charge in [-0.1, -0.05) is 0 Å². The Bertz CT molecular complexity index is 252. The van der Waals surface area contributed by atoms with Gasteiger partial charge in [-0.3, -0.25) is 4.79 Å². The molecule has 1 amide bonds. The summed E-state index contributed by atoms with van der Waals surface area (Å²) in [6, 6.07) is -0.163. The van der Waals surface area contributed by atoms with E-state index in [0.29, 0.717) is 13.2 Å². The highest BCUT2D eigenvalue weighted by Crippen LogP contribution is 2.14. The van der Waals surface area contributed by atoms with E-state index in [4.69, 9.17) is 9.47 Å². The first-order valence-electron chi connectivity index (χ1n) is 6.52. The van der Waals surface area contributed by atoms with Crippen LogP contribution in [0.25, 0.3) is 0 Å². The lowest BCUT2D eigenvalue weighted by Gasteiger charge is -2.35. The second kappa shape index (κ2) is 6.33. The zero-order chi connectivity index (χ0) is 12.1. The molecule has 0 unspecified atom stereocenters. The van der Waals surface area contributed by atoms with Crippen molar-refractivity contribution in [2.24, 2.45) is 0 Å². The van der Waals surface area contributed by atoms with Crippen molar-refractivity contribution in [3.63, 3.8) is 0 Å². The van der Waals surface area contributed by atoms with E-state index in [9.17, 15) is 4.79 Å². The first-order valence-corrected chi connectivity index (χ1v) is 6.52. The van der Waals surface area contributed by atoms with Gasteiger partial charge in [0.25, 0.3) is 0 Å². The summed E-state index contributed by atoms with van der Waals surface area (Å²) in [5.41, 5.74) is 0. The Morgan fingerprint density at radius 1 is 1.59 bits per heavy atom. The minimum absolute atomic E-state index is 0.161. The summed E-state index contributed by atoms with van der Waals surface area (Å²) in [5.74, 6) is 0.161. The Balaban J connectivity index is 1.85. The molecule has 98 valence electrons. The number of hydrogen-bond donors (Lipinski definition) is 1. The highest BCUT2D eigenvalue weighted by Gasteiger charge is 2.30. The quantitative estimate of drug-likeness (QED) is 0.757. The predicted molar refractivity (Wildman–Crippen MR) is 63.8 cm³/mol. The van der Waals surface area contributed by atoms with Crippen LogP contribution in [0.3, 0.4) is 0 Å². The van der Waals surface area contributed by atoms with E-state index >= 15 is 0 Å². The Morgan fingerprint density at radius 2 is 2.47 bits per heavy atom. The molecule has 0 radical (unpaired) electrons. The number of carbonyl (C=O) groups is 1. The molecule has 5 heteroatoms. The number of morpholine rings is 1. The Morgan fingerprint density at radius 3 is 3.18 bits per heavy atom. The van der Waals surface area contributed by atoms with Crippen LogP contribution in [-0.2, 0) is 14.3 Å². The van der Waals surface area contributed by atoms with Gasteiger partial charge in [0.05, 0.1) is 19.3 Å². The second-order valence-corrected chi connectivity index (χ2v) is 4.59. The van der Waals surface area contributed by atoms with Crippen molar-refractivity contribution in [1.82, 2.24) is 10.2 Å². The van der Waals surface area contributed by atoms with Gasteiger partial charge in [-0.15, -0.1) is 0 Å². The summed E-state index contributed by atoms with van der Waals surface area (Å²) in [5, 5.41) is 3.21. The lowest BCUT2D eigenvalue weighted by molar-refractivity contribution is -0.140. The molecule has 0 aromatic rings. The van der Waals surface area contributed by atoms with Crippen molar-refractivity contribution in [3.8, 4) is 0 Å². The van der Waals surface area contributed by atoms with Gasteiger partial charge in [0, 0.05) is 26.2 Å². The molecule has 2 fully saturated rings. The van der Waals surface area contributed by atoms with Crippen molar-refractivity contribution in [3.05, 3.63) is 0 Å². The molecule has 2 aliphatic rings.